The van der Waals surface area contributed by atoms with Gasteiger partial charge in [0.25, 0.3) is 0 Å². The van der Waals surface area contributed by atoms with Gasteiger partial charge in [-0.2, -0.15) is 0 Å². The van der Waals surface area contributed by atoms with Gasteiger partial charge in [-0.1, -0.05) is 6.07 Å². The first-order valence-electron chi connectivity index (χ1n) is 6.00. The van der Waals surface area contributed by atoms with Crippen molar-refractivity contribution in [3.63, 3.8) is 0 Å². The first-order chi connectivity index (χ1) is 7.84. The molecule has 2 nitrogen and oxygen atoms in total. The van der Waals surface area contributed by atoms with E-state index in [4.69, 9.17) is 0 Å². The van der Waals surface area contributed by atoms with Crippen LogP contribution in [0.2, 0.25) is 0 Å². The van der Waals surface area contributed by atoms with Crippen LogP contribution >= 0.6 is 11.8 Å². The number of hydrogen-bond acceptors (Lipinski definition) is 3. The number of nitrogens with one attached hydrogen (secondary N) is 2. The zero-order valence-corrected chi connectivity index (χ0v) is 10.5. The van der Waals surface area contributed by atoms with E-state index >= 15 is 0 Å². The zero-order chi connectivity index (χ0) is 11.0. The third kappa shape index (κ3) is 1.72. The lowest BCUT2D eigenvalue weighted by molar-refractivity contribution is 0.623. The maximum Gasteiger partial charge on any atom is 0.0478 e. The average molecular weight is 234 g/mol. The molecule has 2 N–H and O–H groups in total. The summed E-state index contributed by atoms with van der Waals surface area (Å²) in [6.45, 7) is 2.21. The summed E-state index contributed by atoms with van der Waals surface area (Å²) < 4.78 is 0. The van der Waals surface area contributed by atoms with E-state index in [2.05, 4.69) is 35.9 Å². The van der Waals surface area contributed by atoms with Crippen LogP contribution in [0.5, 0.6) is 0 Å². The van der Waals surface area contributed by atoms with E-state index in [0.29, 0.717) is 5.41 Å². The molecule has 0 amide bonds. The largest absolute Gasteiger partial charge is 0.383 e. The number of rotatable bonds is 3. The summed E-state index contributed by atoms with van der Waals surface area (Å²) >= 11 is 1.98. The Morgan fingerprint density at radius 2 is 2.31 bits per heavy atom. The van der Waals surface area contributed by atoms with Crippen LogP contribution in [0.15, 0.2) is 23.1 Å². The van der Waals surface area contributed by atoms with Crippen molar-refractivity contribution >= 4 is 17.4 Å². The van der Waals surface area contributed by atoms with Crippen molar-refractivity contribution in [2.75, 3.05) is 31.2 Å². The maximum atomic E-state index is 3.46. The van der Waals surface area contributed by atoms with Crippen LogP contribution in [-0.4, -0.2) is 25.9 Å². The van der Waals surface area contributed by atoms with Crippen LogP contribution in [0.4, 0.5) is 5.69 Å². The molecule has 1 aromatic rings. The molecule has 1 aromatic carbocycles. The van der Waals surface area contributed by atoms with Crippen LogP contribution in [-0.2, 0) is 5.41 Å². The zero-order valence-electron chi connectivity index (χ0n) is 9.68. The van der Waals surface area contributed by atoms with Gasteiger partial charge in [0, 0.05) is 34.8 Å². The van der Waals surface area contributed by atoms with Gasteiger partial charge < -0.3 is 10.6 Å². The standard InChI is InChI=1S/C13H18N2S/c1-14-9-13(4-5-13)10-2-3-11-12(8-10)16-7-6-15-11/h2-3,8,14-15H,4-7,9H2,1H3. The molecular formula is C13H18N2S. The molecule has 0 atom stereocenters. The second kappa shape index (κ2) is 3.97. The van der Waals surface area contributed by atoms with Crippen molar-refractivity contribution in [3.05, 3.63) is 23.8 Å². The van der Waals surface area contributed by atoms with Crippen LogP contribution < -0.4 is 10.6 Å². The maximum absolute atomic E-state index is 3.46. The molecule has 0 spiro atoms. The molecule has 0 radical (unpaired) electrons. The second-order valence-electron chi connectivity index (χ2n) is 4.80. The van der Waals surface area contributed by atoms with Gasteiger partial charge in [0.1, 0.15) is 0 Å². The molecule has 3 heteroatoms. The molecule has 1 saturated carbocycles. The monoisotopic (exact) mass is 234 g/mol. The number of anilines is 1. The Morgan fingerprint density at radius 1 is 1.44 bits per heavy atom. The van der Waals surface area contributed by atoms with Crippen molar-refractivity contribution in [2.45, 2.75) is 23.2 Å². The SMILES string of the molecule is CNCC1(c2ccc3c(c2)SCCN3)CC1. The van der Waals surface area contributed by atoms with Crippen molar-refractivity contribution in [3.8, 4) is 0 Å². The van der Waals surface area contributed by atoms with E-state index in [1.165, 1.54) is 34.7 Å². The minimum atomic E-state index is 0.446. The fourth-order valence-electron chi connectivity index (χ4n) is 2.52. The number of fused-ring (bicyclic) bond motifs is 1. The normalized spacial score (nSPS) is 21.1. The number of thioether (sulfide) groups is 1. The molecule has 16 heavy (non-hydrogen) atoms. The number of benzene rings is 1. The summed E-state index contributed by atoms with van der Waals surface area (Å²) in [5.41, 5.74) is 3.29. The molecule has 0 aromatic heterocycles. The van der Waals surface area contributed by atoms with Crippen LogP contribution in [0.1, 0.15) is 18.4 Å². The third-order valence-electron chi connectivity index (χ3n) is 3.64. The molecule has 0 saturated heterocycles. The third-order valence-corrected chi connectivity index (χ3v) is 4.69. The summed E-state index contributed by atoms with van der Waals surface area (Å²) in [4.78, 5) is 1.44. The summed E-state index contributed by atoms with van der Waals surface area (Å²) in [6.07, 6.45) is 2.68. The highest BCUT2D eigenvalue weighted by atomic mass is 32.2. The van der Waals surface area contributed by atoms with Crippen LogP contribution in [0, 0.1) is 0 Å². The fraction of sp³-hybridized carbons (Fsp3) is 0.538. The molecule has 1 fully saturated rings. The Labute approximate surface area is 101 Å². The van der Waals surface area contributed by atoms with Crippen LogP contribution in [0.3, 0.4) is 0 Å². The molecule has 1 aliphatic heterocycles. The van der Waals surface area contributed by atoms with Crippen molar-refractivity contribution in [1.29, 1.82) is 0 Å². The van der Waals surface area contributed by atoms with Gasteiger partial charge in [-0.05, 0) is 37.6 Å². The molecule has 1 heterocycles. The minimum absolute atomic E-state index is 0.446. The highest BCUT2D eigenvalue weighted by Gasteiger charge is 2.43. The second-order valence-corrected chi connectivity index (χ2v) is 5.93. The van der Waals surface area contributed by atoms with Gasteiger partial charge in [0.05, 0.1) is 0 Å². The Morgan fingerprint density at radius 3 is 3.06 bits per heavy atom. The Bertz CT molecular complexity index is 399. The Hall–Kier alpha value is -0.670. The number of hydrogen-bond donors (Lipinski definition) is 2. The predicted octanol–water partition coefficient (Wildman–Crippen LogP) is 2.46. The Kier molecular flexibility index (Phi) is 2.60. The van der Waals surface area contributed by atoms with Crippen molar-refractivity contribution < 1.29 is 0 Å². The summed E-state index contributed by atoms with van der Waals surface area (Å²) in [7, 11) is 2.05. The Balaban J connectivity index is 1.91. The quantitative estimate of drug-likeness (QED) is 0.840. The average Bonchev–Trinajstić information content (AvgIpc) is 3.10. The van der Waals surface area contributed by atoms with Crippen molar-refractivity contribution in [2.24, 2.45) is 0 Å². The molecular weight excluding hydrogens is 216 g/mol. The van der Waals surface area contributed by atoms with Gasteiger partial charge in [-0.3, -0.25) is 0 Å². The first kappa shape index (κ1) is 10.5. The van der Waals surface area contributed by atoms with Gasteiger partial charge in [0.2, 0.25) is 0 Å². The molecule has 3 rings (SSSR count). The molecule has 2 aliphatic rings. The van der Waals surface area contributed by atoms with Crippen molar-refractivity contribution in [1.82, 2.24) is 5.32 Å². The van der Waals surface area contributed by atoms with E-state index in [9.17, 15) is 0 Å². The predicted molar refractivity (Wildman–Crippen MR) is 70.5 cm³/mol. The summed E-state index contributed by atoms with van der Waals surface area (Å²) in [6, 6.07) is 6.96. The van der Waals surface area contributed by atoms with E-state index in [1.807, 2.05) is 11.8 Å². The summed E-state index contributed by atoms with van der Waals surface area (Å²) in [5.74, 6) is 1.19. The molecule has 0 unspecified atom stereocenters. The first-order valence-corrected chi connectivity index (χ1v) is 6.98. The van der Waals surface area contributed by atoms with E-state index < -0.39 is 0 Å². The van der Waals surface area contributed by atoms with Gasteiger partial charge >= 0.3 is 0 Å². The lowest BCUT2D eigenvalue weighted by Crippen LogP contribution is -2.23. The van der Waals surface area contributed by atoms with E-state index in [-0.39, 0.29) is 0 Å². The smallest absolute Gasteiger partial charge is 0.0478 e. The lowest BCUT2D eigenvalue weighted by Gasteiger charge is -2.21. The highest BCUT2D eigenvalue weighted by molar-refractivity contribution is 7.99. The van der Waals surface area contributed by atoms with Gasteiger partial charge in [-0.25, -0.2) is 0 Å². The molecule has 0 bridgehead atoms. The topological polar surface area (TPSA) is 24.1 Å². The van der Waals surface area contributed by atoms with E-state index in [1.54, 1.807) is 0 Å². The molecule has 86 valence electrons. The lowest BCUT2D eigenvalue weighted by atomic mass is 9.95. The van der Waals surface area contributed by atoms with Crippen LogP contribution in [0.25, 0.3) is 0 Å². The minimum Gasteiger partial charge on any atom is -0.383 e. The summed E-state index contributed by atoms with van der Waals surface area (Å²) in [5, 5.41) is 6.78. The fourth-order valence-corrected chi connectivity index (χ4v) is 3.45. The highest BCUT2D eigenvalue weighted by Crippen LogP contribution is 2.49. The van der Waals surface area contributed by atoms with E-state index in [0.717, 1.165) is 13.1 Å². The molecule has 1 aliphatic carbocycles. The van der Waals surface area contributed by atoms with Gasteiger partial charge in [0.15, 0.2) is 0 Å². The van der Waals surface area contributed by atoms with Gasteiger partial charge in [-0.15, -0.1) is 11.8 Å². The number of likely N-dealkylation sites (N-methyl/N-ethyl adjacent to an activating group) is 1.